The van der Waals surface area contributed by atoms with Gasteiger partial charge in [-0.25, -0.2) is 9.59 Å². The van der Waals surface area contributed by atoms with Gasteiger partial charge in [-0.1, -0.05) is 90.4 Å². The molecule has 24 heavy (non-hydrogen) atoms. The average Bonchev–Trinajstić information content (AvgIpc) is 2.95. The maximum absolute atomic E-state index is 9.92. The number of unbranched alkanes of at least 4 members (excludes halogenated alkanes) is 13. The summed E-state index contributed by atoms with van der Waals surface area (Å²) in [5, 5.41) is 0. The monoisotopic (exact) mass is 339 g/mol. The predicted octanol–water partition coefficient (Wildman–Crippen LogP) is 5.05. The van der Waals surface area contributed by atoms with Crippen molar-refractivity contribution in [3.05, 3.63) is 12.2 Å². The summed E-state index contributed by atoms with van der Waals surface area (Å²) in [6, 6.07) is 0. The van der Waals surface area contributed by atoms with Crippen LogP contribution in [0.5, 0.6) is 0 Å². The number of carbonyl (C=O) groups is 2. The maximum Gasteiger partial charge on any atom is 0.338 e. The van der Waals surface area contributed by atoms with E-state index >= 15 is 0 Å². The Morgan fingerprint density at radius 1 is 0.667 bits per heavy atom. The van der Waals surface area contributed by atoms with Crippen molar-refractivity contribution in [3.8, 4) is 0 Å². The summed E-state index contributed by atoms with van der Waals surface area (Å²) < 4.78 is 3.97. The van der Waals surface area contributed by atoms with Crippen molar-refractivity contribution < 1.29 is 14.3 Å². The Morgan fingerprint density at radius 3 is 1.25 bits per heavy atom. The van der Waals surface area contributed by atoms with Gasteiger partial charge >= 0.3 is 11.9 Å². The molecule has 0 aliphatic carbocycles. The fourth-order valence-electron chi connectivity index (χ4n) is 2.64. The Balaban J connectivity index is 0.000000620. The molecule has 0 radical (unpaired) electrons. The second-order valence-corrected chi connectivity index (χ2v) is 6.46. The number of nitrogens with two attached hydrogens (primary N) is 1. The zero-order valence-electron chi connectivity index (χ0n) is 15.6. The molecule has 2 N–H and O–H groups in total. The van der Waals surface area contributed by atoms with Crippen LogP contribution in [-0.4, -0.2) is 18.5 Å². The zero-order chi connectivity index (χ0) is 17.9. The first-order chi connectivity index (χ1) is 11.7. The van der Waals surface area contributed by atoms with Crippen LogP contribution in [0.25, 0.3) is 0 Å². The molecule has 0 aromatic rings. The number of hydrogen-bond acceptors (Lipinski definition) is 4. The van der Waals surface area contributed by atoms with Gasteiger partial charge in [0.25, 0.3) is 0 Å². The Morgan fingerprint density at radius 2 is 1.00 bits per heavy atom. The van der Waals surface area contributed by atoms with Gasteiger partial charge in [-0.2, -0.15) is 0 Å². The van der Waals surface area contributed by atoms with Gasteiger partial charge in [-0.05, 0) is 13.0 Å². The lowest BCUT2D eigenvalue weighted by molar-refractivity contribution is -0.150. The molecular weight excluding hydrogens is 302 g/mol. The lowest BCUT2D eigenvalue weighted by Gasteiger charge is -2.02. The Kier molecular flexibility index (Phi) is 17.3. The van der Waals surface area contributed by atoms with Crippen LogP contribution >= 0.6 is 0 Å². The summed E-state index contributed by atoms with van der Waals surface area (Å²) in [5.74, 6) is -1.16. The summed E-state index contributed by atoms with van der Waals surface area (Å²) in [7, 11) is 0. The summed E-state index contributed by atoms with van der Waals surface area (Å²) >= 11 is 0. The molecule has 0 amide bonds. The molecule has 0 bridgehead atoms. The van der Waals surface area contributed by atoms with Crippen molar-refractivity contribution >= 4 is 11.9 Å². The molecule has 4 heteroatoms. The van der Waals surface area contributed by atoms with Gasteiger partial charge in [0.15, 0.2) is 0 Å². The number of rotatable bonds is 14. The molecule has 0 atom stereocenters. The first-order valence-electron chi connectivity index (χ1n) is 9.84. The second-order valence-electron chi connectivity index (χ2n) is 6.46. The molecule has 0 saturated carbocycles. The van der Waals surface area contributed by atoms with Crippen molar-refractivity contribution in [1.29, 1.82) is 0 Å². The standard InChI is InChI=1S/C16H35N.C4H2O3/c1-2-3-4-5-6-7-8-9-10-11-12-13-14-15-16-17;5-3-1-2-4(6)7-3/h2-17H2,1H3;1-2H. The maximum atomic E-state index is 9.92. The van der Waals surface area contributed by atoms with Gasteiger partial charge in [0.2, 0.25) is 0 Å². The molecule has 1 heterocycles. The van der Waals surface area contributed by atoms with E-state index in [1.165, 1.54) is 89.9 Å². The van der Waals surface area contributed by atoms with Crippen LogP contribution in [-0.2, 0) is 14.3 Å². The molecule has 4 nitrogen and oxygen atoms in total. The van der Waals surface area contributed by atoms with Gasteiger partial charge in [-0.15, -0.1) is 0 Å². The van der Waals surface area contributed by atoms with Gasteiger partial charge < -0.3 is 10.5 Å². The van der Waals surface area contributed by atoms with Crippen molar-refractivity contribution in [3.63, 3.8) is 0 Å². The van der Waals surface area contributed by atoms with Crippen LogP contribution in [0.2, 0.25) is 0 Å². The quantitative estimate of drug-likeness (QED) is 0.273. The van der Waals surface area contributed by atoms with Crippen LogP contribution in [0, 0.1) is 0 Å². The summed E-state index contributed by atoms with van der Waals surface area (Å²) in [6.45, 7) is 3.16. The summed E-state index contributed by atoms with van der Waals surface area (Å²) in [4.78, 5) is 19.8. The van der Waals surface area contributed by atoms with E-state index in [1.54, 1.807) is 0 Å². The summed E-state index contributed by atoms with van der Waals surface area (Å²) in [6.07, 6.45) is 22.0. The third-order valence-corrected chi connectivity index (χ3v) is 4.11. The SMILES string of the molecule is CCCCCCCCCCCCCCCCN.O=C1C=CC(=O)O1. The van der Waals surface area contributed by atoms with E-state index in [0.717, 1.165) is 18.7 Å². The van der Waals surface area contributed by atoms with E-state index in [0.29, 0.717) is 0 Å². The lowest BCUT2D eigenvalue weighted by Crippen LogP contribution is -1.97. The molecular formula is C20H37NO3. The van der Waals surface area contributed by atoms with Gasteiger partial charge in [0.1, 0.15) is 0 Å². The van der Waals surface area contributed by atoms with Gasteiger partial charge in [-0.3, -0.25) is 0 Å². The Labute approximate surface area is 148 Å². The van der Waals surface area contributed by atoms with Crippen LogP contribution in [0.3, 0.4) is 0 Å². The second kappa shape index (κ2) is 18.2. The van der Waals surface area contributed by atoms with E-state index < -0.39 is 11.9 Å². The highest BCUT2D eigenvalue weighted by Crippen LogP contribution is 2.12. The lowest BCUT2D eigenvalue weighted by atomic mass is 10.0. The Bertz CT molecular complexity index is 310. The smallest absolute Gasteiger partial charge is 0.338 e. The van der Waals surface area contributed by atoms with E-state index in [9.17, 15) is 9.59 Å². The molecule has 0 aromatic heterocycles. The highest BCUT2D eigenvalue weighted by molar-refractivity contribution is 6.04. The first-order valence-corrected chi connectivity index (χ1v) is 9.84. The molecule has 1 aliphatic rings. The van der Waals surface area contributed by atoms with Crippen molar-refractivity contribution in [2.24, 2.45) is 5.73 Å². The minimum atomic E-state index is -0.579. The van der Waals surface area contributed by atoms with Crippen molar-refractivity contribution in [1.82, 2.24) is 0 Å². The van der Waals surface area contributed by atoms with E-state index in [4.69, 9.17) is 5.73 Å². The van der Waals surface area contributed by atoms with Gasteiger partial charge in [0.05, 0.1) is 0 Å². The van der Waals surface area contributed by atoms with Gasteiger partial charge in [0, 0.05) is 12.2 Å². The van der Waals surface area contributed by atoms with E-state index in [-0.39, 0.29) is 0 Å². The highest BCUT2D eigenvalue weighted by atomic mass is 16.6. The first kappa shape index (κ1) is 22.8. The molecule has 1 rings (SSSR count). The van der Waals surface area contributed by atoms with Crippen molar-refractivity contribution in [2.45, 2.75) is 96.8 Å². The molecule has 0 spiro atoms. The van der Waals surface area contributed by atoms with Crippen LogP contribution in [0.1, 0.15) is 96.8 Å². The fraction of sp³-hybridized carbons (Fsp3) is 0.800. The fourth-order valence-corrected chi connectivity index (χ4v) is 2.64. The molecule has 140 valence electrons. The van der Waals surface area contributed by atoms with Crippen LogP contribution in [0.15, 0.2) is 12.2 Å². The Hall–Kier alpha value is -1.16. The number of esters is 2. The molecule has 1 aliphatic heterocycles. The molecule has 0 unspecified atom stereocenters. The number of ether oxygens (including phenoxy) is 1. The average molecular weight is 340 g/mol. The number of cyclic esters (lactones) is 2. The predicted molar refractivity (Wildman–Crippen MR) is 99.6 cm³/mol. The molecule has 0 aromatic carbocycles. The van der Waals surface area contributed by atoms with E-state index in [2.05, 4.69) is 11.7 Å². The minimum absolute atomic E-state index is 0.579. The number of hydrogen-bond donors (Lipinski definition) is 1. The highest BCUT2D eigenvalue weighted by Gasteiger charge is 2.10. The minimum Gasteiger partial charge on any atom is -0.387 e. The zero-order valence-corrected chi connectivity index (χ0v) is 15.6. The molecule has 0 saturated heterocycles. The normalized spacial score (nSPS) is 12.9. The van der Waals surface area contributed by atoms with E-state index in [1.807, 2.05) is 0 Å². The largest absolute Gasteiger partial charge is 0.387 e. The number of carbonyl (C=O) groups excluding carboxylic acids is 2. The van der Waals surface area contributed by atoms with Crippen molar-refractivity contribution in [2.75, 3.05) is 6.54 Å². The van der Waals surface area contributed by atoms with Crippen LogP contribution in [0.4, 0.5) is 0 Å². The third kappa shape index (κ3) is 17.2. The van der Waals surface area contributed by atoms with Crippen LogP contribution < -0.4 is 5.73 Å². The summed E-state index contributed by atoms with van der Waals surface area (Å²) in [5.41, 5.74) is 5.47. The molecule has 0 fully saturated rings. The topological polar surface area (TPSA) is 69.4 Å². The third-order valence-electron chi connectivity index (χ3n) is 4.11.